The van der Waals surface area contributed by atoms with E-state index in [1.165, 1.54) is 0 Å². The zero-order chi connectivity index (χ0) is 26.7. The molecule has 12 atom stereocenters. The predicted molar refractivity (Wildman–Crippen MR) is 137 cm³/mol. The van der Waals surface area contributed by atoms with Crippen molar-refractivity contribution in [2.75, 3.05) is 6.61 Å². The van der Waals surface area contributed by atoms with Gasteiger partial charge in [-0.05, 0) is 92.3 Å². The van der Waals surface area contributed by atoms with Gasteiger partial charge in [-0.3, -0.25) is 4.79 Å². The SMILES string of the molecule is C[C@@H]1CC[C@]2(C(=O)O)CC[C@]3(C)C(=CC[C@@H]4[C@@]5(C)C[C@@H](O)[C@@H](O)[C@@](C)(CO)[C@@H]5CC[C@]43C)[C@@H]2[C@]1(C)O. The molecule has 6 heteroatoms. The minimum absolute atomic E-state index is 0.0252. The summed E-state index contributed by atoms with van der Waals surface area (Å²) in [5, 5.41) is 54.8. The van der Waals surface area contributed by atoms with Crippen molar-refractivity contribution in [3.8, 4) is 0 Å². The predicted octanol–water partition coefficient (Wildman–Crippen LogP) is 4.15. The molecular weight excluding hydrogens is 456 g/mol. The van der Waals surface area contributed by atoms with Crippen molar-refractivity contribution in [3.05, 3.63) is 11.6 Å². The first kappa shape index (κ1) is 26.6. The fourth-order valence-corrected chi connectivity index (χ4v) is 11.0. The van der Waals surface area contributed by atoms with Crippen LogP contribution in [0.2, 0.25) is 0 Å². The molecule has 0 aromatic carbocycles. The first-order chi connectivity index (χ1) is 16.6. The third-order valence-corrected chi connectivity index (χ3v) is 13.6. The Balaban J connectivity index is 1.65. The molecule has 36 heavy (non-hydrogen) atoms. The number of carbonyl (C=O) groups is 1. The van der Waals surface area contributed by atoms with Crippen molar-refractivity contribution in [1.82, 2.24) is 0 Å². The second-order valence-corrected chi connectivity index (χ2v) is 14.7. The van der Waals surface area contributed by atoms with Gasteiger partial charge in [0.1, 0.15) is 0 Å². The second-order valence-electron chi connectivity index (χ2n) is 14.7. The highest BCUT2D eigenvalue weighted by atomic mass is 16.4. The van der Waals surface area contributed by atoms with Gasteiger partial charge in [0.15, 0.2) is 0 Å². The average molecular weight is 505 g/mol. The molecule has 204 valence electrons. The smallest absolute Gasteiger partial charge is 0.310 e. The summed E-state index contributed by atoms with van der Waals surface area (Å²) in [6, 6.07) is 0. The molecule has 5 aliphatic rings. The number of rotatable bonds is 2. The summed E-state index contributed by atoms with van der Waals surface area (Å²) in [6.45, 7) is 12.6. The molecule has 4 saturated carbocycles. The van der Waals surface area contributed by atoms with E-state index in [1.54, 1.807) is 0 Å². The summed E-state index contributed by atoms with van der Waals surface area (Å²) in [4.78, 5) is 12.8. The number of carboxylic acids is 1. The van der Waals surface area contributed by atoms with E-state index < -0.39 is 40.5 Å². The lowest BCUT2D eigenvalue weighted by Gasteiger charge is -2.72. The first-order valence-corrected chi connectivity index (χ1v) is 14.2. The van der Waals surface area contributed by atoms with Crippen molar-refractivity contribution in [3.63, 3.8) is 0 Å². The van der Waals surface area contributed by atoms with E-state index >= 15 is 0 Å². The molecule has 0 spiro atoms. The van der Waals surface area contributed by atoms with Crippen LogP contribution in [-0.4, -0.2) is 55.9 Å². The molecule has 0 amide bonds. The Hall–Kier alpha value is -0.950. The highest BCUT2D eigenvalue weighted by molar-refractivity contribution is 5.77. The third kappa shape index (κ3) is 2.91. The number of carboxylic acid groups (broad SMARTS) is 1. The van der Waals surface area contributed by atoms with Gasteiger partial charge in [-0.2, -0.15) is 0 Å². The third-order valence-electron chi connectivity index (χ3n) is 13.6. The van der Waals surface area contributed by atoms with E-state index in [2.05, 4.69) is 33.8 Å². The summed E-state index contributed by atoms with van der Waals surface area (Å²) in [6.07, 6.45) is 6.20. The molecular formula is C30H48O6. The minimum atomic E-state index is -1.09. The molecule has 0 aromatic heterocycles. The van der Waals surface area contributed by atoms with Gasteiger partial charge in [0.25, 0.3) is 0 Å². The van der Waals surface area contributed by atoms with Crippen LogP contribution in [0.15, 0.2) is 11.6 Å². The topological polar surface area (TPSA) is 118 Å². The standard InChI is InChI=1S/C30H48O6/c1-17-9-12-30(24(34)35)14-13-27(4)18(22(30)29(17,6)36)7-8-21-25(2)15-19(32)23(33)26(3,16-31)20(25)10-11-28(21,27)5/h7,17,19-23,31-33,36H,8-16H2,1-6H3,(H,34,35)/t17-,19-,20-,21-,22-,23-,25+,26+,27-,28-,29-,30+/m1/s1. The summed E-state index contributed by atoms with van der Waals surface area (Å²) in [5.74, 6) is -0.834. The largest absolute Gasteiger partial charge is 0.481 e. The van der Waals surface area contributed by atoms with E-state index in [0.29, 0.717) is 19.3 Å². The normalized spacial score (nSPS) is 58.6. The molecule has 5 N–H and O–H groups in total. The summed E-state index contributed by atoms with van der Waals surface area (Å²) in [7, 11) is 0. The number of fused-ring (bicyclic) bond motifs is 7. The molecule has 4 fully saturated rings. The number of aliphatic carboxylic acids is 1. The summed E-state index contributed by atoms with van der Waals surface area (Å²) >= 11 is 0. The molecule has 0 aromatic rings. The van der Waals surface area contributed by atoms with Crippen molar-refractivity contribution in [2.45, 2.75) is 111 Å². The van der Waals surface area contributed by atoms with Crippen molar-refractivity contribution in [1.29, 1.82) is 0 Å². The lowest BCUT2D eigenvalue weighted by atomic mass is 9.33. The minimum Gasteiger partial charge on any atom is -0.481 e. The lowest BCUT2D eigenvalue weighted by molar-refractivity contribution is -0.247. The van der Waals surface area contributed by atoms with Crippen molar-refractivity contribution >= 4 is 5.97 Å². The zero-order valence-electron chi connectivity index (χ0n) is 23.0. The fourth-order valence-electron chi connectivity index (χ4n) is 11.0. The van der Waals surface area contributed by atoms with Gasteiger partial charge >= 0.3 is 5.97 Å². The van der Waals surface area contributed by atoms with Crippen LogP contribution in [-0.2, 0) is 4.79 Å². The van der Waals surface area contributed by atoms with Gasteiger partial charge in [-0.1, -0.05) is 46.3 Å². The van der Waals surface area contributed by atoms with Crippen LogP contribution < -0.4 is 0 Å². The number of allylic oxidation sites excluding steroid dienone is 1. The molecule has 5 aliphatic carbocycles. The highest BCUT2D eigenvalue weighted by Crippen LogP contribution is 2.76. The van der Waals surface area contributed by atoms with Gasteiger partial charge in [0, 0.05) is 11.3 Å². The Morgan fingerprint density at radius 1 is 1.00 bits per heavy atom. The number of aliphatic hydroxyl groups is 4. The first-order valence-electron chi connectivity index (χ1n) is 14.2. The monoisotopic (exact) mass is 504 g/mol. The van der Waals surface area contributed by atoms with Crippen LogP contribution in [0, 0.1) is 50.7 Å². The van der Waals surface area contributed by atoms with E-state index in [0.717, 1.165) is 37.7 Å². The van der Waals surface area contributed by atoms with Crippen LogP contribution in [0.3, 0.4) is 0 Å². The highest BCUT2D eigenvalue weighted by Gasteiger charge is 2.72. The molecule has 0 bridgehead atoms. The number of aliphatic hydroxyl groups excluding tert-OH is 3. The van der Waals surface area contributed by atoms with Gasteiger partial charge in [0.2, 0.25) is 0 Å². The molecule has 6 nitrogen and oxygen atoms in total. The lowest BCUT2D eigenvalue weighted by Crippen LogP contribution is -2.69. The van der Waals surface area contributed by atoms with Crippen LogP contribution in [0.25, 0.3) is 0 Å². The zero-order valence-corrected chi connectivity index (χ0v) is 23.0. The Labute approximate surface area is 216 Å². The van der Waals surface area contributed by atoms with Crippen LogP contribution in [0.1, 0.15) is 92.9 Å². The number of hydrogen-bond donors (Lipinski definition) is 5. The summed E-state index contributed by atoms with van der Waals surface area (Å²) in [5.41, 5.74) is -2.28. The molecule has 0 radical (unpaired) electrons. The van der Waals surface area contributed by atoms with Gasteiger partial charge in [-0.15, -0.1) is 0 Å². The van der Waals surface area contributed by atoms with E-state index in [1.807, 2.05) is 13.8 Å². The van der Waals surface area contributed by atoms with Crippen LogP contribution >= 0.6 is 0 Å². The van der Waals surface area contributed by atoms with E-state index in [-0.39, 0.29) is 40.6 Å². The summed E-state index contributed by atoms with van der Waals surface area (Å²) < 4.78 is 0. The Bertz CT molecular complexity index is 974. The van der Waals surface area contributed by atoms with Crippen LogP contribution in [0.5, 0.6) is 0 Å². The van der Waals surface area contributed by atoms with Gasteiger partial charge in [-0.25, -0.2) is 0 Å². The van der Waals surface area contributed by atoms with E-state index in [9.17, 15) is 30.3 Å². The Morgan fingerprint density at radius 3 is 2.28 bits per heavy atom. The maximum atomic E-state index is 12.8. The van der Waals surface area contributed by atoms with Crippen LogP contribution in [0.4, 0.5) is 0 Å². The fraction of sp³-hybridized carbons (Fsp3) is 0.900. The molecule has 0 unspecified atom stereocenters. The van der Waals surface area contributed by atoms with Gasteiger partial charge in [0.05, 0.1) is 29.8 Å². The van der Waals surface area contributed by atoms with Crippen molar-refractivity contribution < 1.29 is 30.3 Å². The quantitative estimate of drug-likeness (QED) is 0.361. The molecule has 5 rings (SSSR count). The molecule has 0 saturated heterocycles. The Morgan fingerprint density at radius 2 is 1.67 bits per heavy atom. The molecule has 0 aliphatic heterocycles. The maximum absolute atomic E-state index is 12.8. The number of hydrogen-bond acceptors (Lipinski definition) is 5. The maximum Gasteiger partial charge on any atom is 0.310 e. The van der Waals surface area contributed by atoms with Crippen molar-refractivity contribution in [2.24, 2.45) is 50.7 Å². The average Bonchev–Trinajstić information content (AvgIpc) is 2.80. The van der Waals surface area contributed by atoms with E-state index in [4.69, 9.17) is 0 Å². The van der Waals surface area contributed by atoms with Gasteiger partial charge < -0.3 is 25.5 Å². The molecule has 0 heterocycles. The second kappa shape index (κ2) is 7.80. The Kier molecular flexibility index (Phi) is 5.77.